The van der Waals surface area contributed by atoms with Crippen LogP contribution in [0, 0.1) is 0 Å². The van der Waals surface area contributed by atoms with Crippen molar-refractivity contribution in [3.05, 3.63) is 24.3 Å². The molecule has 14 heteroatoms. The minimum atomic E-state index is -5.12. The van der Waals surface area contributed by atoms with Crippen molar-refractivity contribution < 1.29 is 63.1 Å². The summed E-state index contributed by atoms with van der Waals surface area (Å²) in [5, 5.41) is 50.2. The first kappa shape index (κ1) is 59.3. The lowest BCUT2D eigenvalue weighted by Crippen LogP contribution is -2.64. The molecular formula is C49H91O13P. The average Bonchev–Trinajstić information content (AvgIpc) is 3.26. The number of unbranched alkanes of at least 4 members (excludes halogenated alkanes) is 26. The monoisotopic (exact) mass is 919 g/mol. The summed E-state index contributed by atoms with van der Waals surface area (Å²) >= 11 is 0. The van der Waals surface area contributed by atoms with Crippen LogP contribution in [0.25, 0.3) is 0 Å². The fourth-order valence-corrected chi connectivity index (χ4v) is 8.66. The summed E-state index contributed by atoms with van der Waals surface area (Å²) in [6, 6.07) is 0. The van der Waals surface area contributed by atoms with Gasteiger partial charge in [-0.25, -0.2) is 4.57 Å². The van der Waals surface area contributed by atoms with Crippen molar-refractivity contribution in [2.24, 2.45) is 0 Å². The molecule has 0 bridgehead atoms. The van der Waals surface area contributed by atoms with Crippen LogP contribution in [0.15, 0.2) is 24.3 Å². The maximum absolute atomic E-state index is 12.8. The van der Waals surface area contributed by atoms with E-state index in [9.17, 15) is 44.6 Å². The zero-order valence-corrected chi connectivity index (χ0v) is 40.3. The summed E-state index contributed by atoms with van der Waals surface area (Å²) in [6.45, 7) is 3.30. The molecule has 0 radical (unpaired) electrons. The second-order valence-corrected chi connectivity index (χ2v) is 19.1. The van der Waals surface area contributed by atoms with Gasteiger partial charge < -0.3 is 39.9 Å². The molecule has 0 aromatic carbocycles. The molecule has 13 nitrogen and oxygen atoms in total. The zero-order valence-electron chi connectivity index (χ0n) is 39.4. The number of aliphatic hydroxyl groups excluding tert-OH is 5. The van der Waals surface area contributed by atoms with Gasteiger partial charge in [-0.3, -0.25) is 18.6 Å². The van der Waals surface area contributed by atoms with Gasteiger partial charge >= 0.3 is 19.8 Å². The summed E-state index contributed by atoms with van der Waals surface area (Å²) in [7, 11) is -5.12. The Bertz CT molecular complexity index is 1200. The van der Waals surface area contributed by atoms with Gasteiger partial charge in [0.15, 0.2) is 6.10 Å². The first-order chi connectivity index (χ1) is 30.4. The number of hydrogen-bond donors (Lipinski definition) is 6. The molecule has 1 fully saturated rings. The Kier molecular flexibility index (Phi) is 37.2. The molecule has 0 amide bonds. The van der Waals surface area contributed by atoms with Crippen LogP contribution >= 0.6 is 7.82 Å². The van der Waals surface area contributed by atoms with E-state index in [-0.39, 0.29) is 12.8 Å². The van der Waals surface area contributed by atoms with Crippen molar-refractivity contribution in [3.63, 3.8) is 0 Å². The smallest absolute Gasteiger partial charge is 0.462 e. The molecule has 1 rings (SSSR count). The van der Waals surface area contributed by atoms with E-state index in [1.54, 1.807) is 0 Å². The number of hydrogen-bond acceptors (Lipinski definition) is 12. The summed E-state index contributed by atoms with van der Waals surface area (Å²) < 4.78 is 33.6. The Morgan fingerprint density at radius 3 is 1.24 bits per heavy atom. The number of aliphatic hydroxyl groups is 5. The van der Waals surface area contributed by atoms with Gasteiger partial charge in [0.25, 0.3) is 0 Å². The molecule has 0 aromatic rings. The van der Waals surface area contributed by atoms with Gasteiger partial charge in [-0.05, 0) is 64.2 Å². The lowest BCUT2D eigenvalue weighted by molar-refractivity contribution is -0.220. The summed E-state index contributed by atoms with van der Waals surface area (Å²) in [5.41, 5.74) is 0. The highest BCUT2D eigenvalue weighted by atomic mass is 31.2. The molecule has 370 valence electrons. The van der Waals surface area contributed by atoms with Gasteiger partial charge in [-0.2, -0.15) is 0 Å². The Labute approximate surface area is 381 Å². The Hall–Kier alpha value is -1.67. The molecule has 8 atom stereocenters. The summed E-state index contributed by atoms with van der Waals surface area (Å²) in [6.07, 6.45) is 30.9. The largest absolute Gasteiger partial charge is 0.472 e. The third-order valence-corrected chi connectivity index (χ3v) is 12.8. The van der Waals surface area contributed by atoms with Crippen LogP contribution < -0.4 is 0 Å². The van der Waals surface area contributed by atoms with E-state index in [2.05, 4.69) is 38.2 Å². The van der Waals surface area contributed by atoms with Gasteiger partial charge in [-0.1, -0.05) is 167 Å². The first-order valence-corrected chi connectivity index (χ1v) is 26.6. The number of carbonyl (C=O) groups excluding carboxylic acids is 2. The second kappa shape index (κ2) is 39.5. The Balaban J connectivity index is 2.42. The van der Waals surface area contributed by atoms with Crippen molar-refractivity contribution >= 4 is 19.8 Å². The lowest BCUT2D eigenvalue weighted by Gasteiger charge is -2.41. The first-order valence-electron chi connectivity index (χ1n) is 25.1. The molecule has 1 aliphatic carbocycles. The standard InChI is InChI=1S/C49H91O13P/c1-3-5-7-9-11-13-15-17-19-20-21-22-24-26-28-30-32-34-36-38-43(51)61-41(40-60-63(57,58)62-49-47(55)45(53)44(52)46(54)48(49)56)39-59-42(50)37-35-33-31-29-27-25-23-18-16-14-12-10-8-6-4-2/h17,19,27,29,41,44-49,52-56H,3-16,18,20-26,28,30-40H2,1-2H3,(H,57,58)/b19-17+,29-27+/t41-,44?,45-,46?,47?,48?,49?/m1/s1. The SMILES string of the molecule is CCCCCCCC/C=C/CCCCCCCCCCCC(=O)O[C@H](COC(=O)CCCC/C=C/CCCCCCCCCCC)COP(=O)(O)OC1C(O)C(O)C(O)[C@@H](O)C1O. The molecule has 0 spiro atoms. The van der Waals surface area contributed by atoms with E-state index in [1.165, 1.54) is 128 Å². The molecule has 0 aliphatic heterocycles. The highest BCUT2D eigenvalue weighted by molar-refractivity contribution is 7.47. The van der Waals surface area contributed by atoms with Crippen LogP contribution in [-0.4, -0.2) is 98.3 Å². The van der Waals surface area contributed by atoms with Crippen LogP contribution in [0.1, 0.15) is 219 Å². The Morgan fingerprint density at radius 1 is 0.476 bits per heavy atom. The number of phosphoric acid groups is 1. The molecule has 6 unspecified atom stereocenters. The fraction of sp³-hybridized carbons (Fsp3) is 0.878. The lowest BCUT2D eigenvalue weighted by atomic mass is 9.85. The molecule has 6 N–H and O–H groups in total. The van der Waals surface area contributed by atoms with Crippen molar-refractivity contribution in [3.8, 4) is 0 Å². The van der Waals surface area contributed by atoms with Crippen LogP contribution in [0.2, 0.25) is 0 Å². The molecule has 63 heavy (non-hydrogen) atoms. The number of phosphoric ester groups is 1. The van der Waals surface area contributed by atoms with Crippen molar-refractivity contribution in [2.45, 2.75) is 262 Å². The normalized spacial score (nSPS) is 21.8. The quantitative estimate of drug-likeness (QED) is 0.0146. The minimum Gasteiger partial charge on any atom is -0.462 e. The van der Waals surface area contributed by atoms with Crippen LogP contribution in [0.3, 0.4) is 0 Å². The zero-order chi connectivity index (χ0) is 46.4. The number of esters is 2. The minimum absolute atomic E-state index is 0.0926. The predicted molar refractivity (Wildman–Crippen MR) is 249 cm³/mol. The highest BCUT2D eigenvalue weighted by Crippen LogP contribution is 2.47. The molecule has 1 aliphatic rings. The van der Waals surface area contributed by atoms with E-state index in [1.807, 2.05) is 0 Å². The van der Waals surface area contributed by atoms with Gasteiger partial charge in [-0.15, -0.1) is 0 Å². The molecule has 1 saturated carbocycles. The molecular weight excluding hydrogens is 828 g/mol. The van der Waals surface area contributed by atoms with Crippen molar-refractivity contribution in [1.82, 2.24) is 0 Å². The van der Waals surface area contributed by atoms with Crippen molar-refractivity contribution in [2.75, 3.05) is 13.2 Å². The third-order valence-electron chi connectivity index (χ3n) is 11.8. The summed E-state index contributed by atoms with van der Waals surface area (Å²) in [5.74, 6) is -1.12. The Morgan fingerprint density at radius 2 is 0.810 bits per heavy atom. The number of allylic oxidation sites excluding steroid dienone is 4. The average molecular weight is 919 g/mol. The van der Waals surface area contributed by atoms with E-state index < -0.39 is 75.7 Å². The van der Waals surface area contributed by atoms with Gasteiger partial charge in [0.1, 0.15) is 43.2 Å². The highest BCUT2D eigenvalue weighted by Gasteiger charge is 2.51. The molecule has 0 heterocycles. The third kappa shape index (κ3) is 31.8. The second-order valence-electron chi connectivity index (χ2n) is 17.7. The van der Waals surface area contributed by atoms with E-state index in [0.29, 0.717) is 12.8 Å². The van der Waals surface area contributed by atoms with Gasteiger partial charge in [0.05, 0.1) is 6.61 Å². The topological polar surface area (TPSA) is 210 Å². The van der Waals surface area contributed by atoms with Crippen LogP contribution in [-0.2, 0) is 32.7 Å². The molecule has 0 aromatic heterocycles. The van der Waals surface area contributed by atoms with Crippen LogP contribution in [0.5, 0.6) is 0 Å². The maximum Gasteiger partial charge on any atom is 0.472 e. The van der Waals surface area contributed by atoms with Crippen LogP contribution in [0.4, 0.5) is 0 Å². The molecule has 0 saturated heterocycles. The number of ether oxygens (including phenoxy) is 2. The van der Waals surface area contributed by atoms with Crippen molar-refractivity contribution in [1.29, 1.82) is 0 Å². The number of carbonyl (C=O) groups is 2. The predicted octanol–water partition coefficient (Wildman–Crippen LogP) is 10.4. The van der Waals surface area contributed by atoms with E-state index in [0.717, 1.165) is 51.4 Å². The van der Waals surface area contributed by atoms with Gasteiger partial charge in [0, 0.05) is 12.8 Å². The van der Waals surface area contributed by atoms with E-state index in [4.69, 9.17) is 18.5 Å². The summed E-state index contributed by atoms with van der Waals surface area (Å²) in [4.78, 5) is 35.8. The fourth-order valence-electron chi connectivity index (χ4n) is 7.69. The maximum atomic E-state index is 12.8. The number of rotatable bonds is 42. The van der Waals surface area contributed by atoms with Gasteiger partial charge in [0.2, 0.25) is 0 Å². The van der Waals surface area contributed by atoms with E-state index >= 15 is 0 Å².